The molecule has 16 heavy (non-hydrogen) atoms. The zero-order chi connectivity index (χ0) is 11.8. The molecular weight excluding hydrogens is 272 g/mol. The predicted octanol–water partition coefficient (Wildman–Crippen LogP) is 2.42. The maximum absolute atomic E-state index is 11.4. The van der Waals surface area contributed by atoms with Gasteiger partial charge in [-0.3, -0.25) is 4.79 Å². The molecule has 0 unspecified atom stereocenters. The third kappa shape index (κ3) is 4.79. The number of carbonyl (C=O) groups excluding carboxylic acids is 1. The van der Waals surface area contributed by atoms with Gasteiger partial charge in [-0.1, -0.05) is 22.9 Å². The number of hydrogen-bond acceptors (Lipinski definition) is 3. The van der Waals surface area contributed by atoms with E-state index in [1.54, 1.807) is 6.20 Å². The number of rotatable bonds is 7. The molecule has 1 amide bonds. The Morgan fingerprint density at radius 3 is 3.00 bits per heavy atom. The second-order valence-corrected chi connectivity index (χ2v) is 4.29. The van der Waals surface area contributed by atoms with E-state index in [2.05, 4.69) is 26.2 Å². The lowest BCUT2D eigenvalue weighted by Gasteiger charge is -2.01. The highest BCUT2D eigenvalue weighted by Crippen LogP contribution is 2.04. The molecule has 1 aromatic rings. The highest BCUT2D eigenvalue weighted by Gasteiger charge is 2.05. The smallest absolute Gasteiger partial charge is 0.220 e. The average molecular weight is 289 g/mol. The first-order valence-corrected chi connectivity index (χ1v) is 6.64. The monoisotopic (exact) mass is 288 g/mol. The fraction of sp³-hybridized carbons (Fsp3) is 0.636. The summed E-state index contributed by atoms with van der Waals surface area (Å²) in [7, 11) is 0. The highest BCUT2D eigenvalue weighted by molar-refractivity contribution is 9.09. The van der Waals surface area contributed by atoms with Crippen LogP contribution in [0.15, 0.2) is 10.6 Å². The van der Waals surface area contributed by atoms with Crippen LogP contribution in [0.5, 0.6) is 0 Å². The van der Waals surface area contributed by atoms with E-state index in [1.807, 2.05) is 6.92 Å². The van der Waals surface area contributed by atoms with Gasteiger partial charge in [-0.05, 0) is 12.8 Å². The number of aryl methyl sites for hydroxylation is 1. The van der Waals surface area contributed by atoms with Crippen LogP contribution in [0.3, 0.4) is 0 Å². The Morgan fingerprint density at radius 1 is 1.56 bits per heavy atom. The molecular formula is C11H17BrN2O2. The van der Waals surface area contributed by atoms with Gasteiger partial charge in [0.05, 0.1) is 12.7 Å². The normalized spacial score (nSPS) is 10.4. The van der Waals surface area contributed by atoms with E-state index in [1.165, 1.54) is 0 Å². The van der Waals surface area contributed by atoms with Crippen molar-refractivity contribution in [1.29, 1.82) is 0 Å². The van der Waals surface area contributed by atoms with E-state index in [9.17, 15) is 4.79 Å². The first kappa shape index (κ1) is 13.2. The summed E-state index contributed by atoms with van der Waals surface area (Å²) in [6.07, 6.45) is 5.01. The Balaban J connectivity index is 2.20. The zero-order valence-corrected chi connectivity index (χ0v) is 11.0. The molecule has 0 spiro atoms. The Hall–Kier alpha value is -0.840. The van der Waals surface area contributed by atoms with Crippen LogP contribution in [0.1, 0.15) is 37.8 Å². The van der Waals surface area contributed by atoms with Crippen molar-refractivity contribution in [2.45, 2.75) is 39.2 Å². The fourth-order valence-corrected chi connectivity index (χ4v) is 1.63. The van der Waals surface area contributed by atoms with Gasteiger partial charge >= 0.3 is 0 Å². The van der Waals surface area contributed by atoms with Gasteiger partial charge in [0.25, 0.3) is 0 Å². The van der Waals surface area contributed by atoms with Crippen molar-refractivity contribution in [1.82, 2.24) is 10.3 Å². The number of unbranched alkanes of at least 4 members (excludes halogenated alkanes) is 1. The van der Waals surface area contributed by atoms with Gasteiger partial charge in [0.15, 0.2) is 0 Å². The van der Waals surface area contributed by atoms with Crippen LogP contribution in [-0.4, -0.2) is 16.2 Å². The van der Waals surface area contributed by atoms with Crippen LogP contribution >= 0.6 is 15.9 Å². The Bertz CT molecular complexity index is 326. The maximum atomic E-state index is 11.4. The molecule has 0 atom stereocenters. The van der Waals surface area contributed by atoms with Gasteiger partial charge in [-0.15, -0.1) is 0 Å². The number of amides is 1. The lowest BCUT2D eigenvalue weighted by molar-refractivity contribution is -0.121. The van der Waals surface area contributed by atoms with Gasteiger partial charge < -0.3 is 9.73 Å². The predicted molar refractivity (Wildman–Crippen MR) is 65.4 cm³/mol. The van der Waals surface area contributed by atoms with Crippen molar-refractivity contribution >= 4 is 21.8 Å². The third-order valence-electron chi connectivity index (χ3n) is 2.17. The molecule has 1 aromatic heterocycles. The van der Waals surface area contributed by atoms with Crippen LogP contribution < -0.4 is 5.32 Å². The molecule has 0 radical (unpaired) electrons. The number of aromatic nitrogens is 1. The van der Waals surface area contributed by atoms with Crippen LogP contribution in [-0.2, 0) is 17.8 Å². The summed E-state index contributed by atoms with van der Waals surface area (Å²) < 4.78 is 5.38. The zero-order valence-electron chi connectivity index (χ0n) is 9.46. The summed E-state index contributed by atoms with van der Waals surface area (Å²) >= 11 is 3.33. The standard InChI is InChI=1S/C11H17BrN2O2/c1-2-9-7-14-11(16-9)8-13-10(15)5-3-4-6-12/h7H,2-6,8H2,1H3,(H,13,15). The van der Waals surface area contributed by atoms with E-state index in [4.69, 9.17) is 4.42 Å². The molecule has 0 aliphatic carbocycles. The van der Waals surface area contributed by atoms with Crippen LogP contribution in [0, 0.1) is 0 Å². The van der Waals surface area contributed by atoms with Crippen molar-refractivity contribution in [3.05, 3.63) is 17.8 Å². The molecule has 0 bridgehead atoms. The Labute approximate surface area is 104 Å². The second-order valence-electron chi connectivity index (χ2n) is 3.50. The van der Waals surface area contributed by atoms with E-state index in [0.29, 0.717) is 18.9 Å². The van der Waals surface area contributed by atoms with Gasteiger partial charge in [0.2, 0.25) is 11.8 Å². The summed E-state index contributed by atoms with van der Waals surface area (Å²) in [4.78, 5) is 15.4. The molecule has 5 heteroatoms. The van der Waals surface area contributed by atoms with E-state index in [0.717, 1.165) is 30.4 Å². The first-order valence-electron chi connectivity index (χ1n) is 5.52. The topological polar surface area (TPSA) is 55.1 Å². The van der Waals surface area contributed by atoms with Gasteiger partial charge in [-0.25, -0.2) is 4.98 Å². The summed E-state index contributed by atoms with van der Waals surface area (Å²) in [5, 5.41) is 3.73. The number of nitrogens with one attached hydrogen (secondary N) is 1. The number of carbonyl (C=O) groups is 1. The molecule has 0 aliphatic heterocycles. The fourth-order valence-electron chi connectivity index (χ4n) is 1.24. The molecule has 0 fully saturated rings. The number of nitrogens with zero attached hydrogens (tertiary/aromatic N) is 1. The Morgan fingerprint density at radius 2 is 2.38 bits per heavy atom. The molecule has 1 heterocycles. The number of alkyl halides is 1. The van der Waals surface area contributed by atoms with Crippen molar-refractivity contribution in [2.75, 3.05) is 5.33 Å². The quantitative estimate of drug-likeness (QED) is 0.619. The van der Waals surface area contributed by atoms with Gasteiger partial charge in [0.1, 0.15) is 5.76 Å². The first-order chi connectivity index (χ1) is 7.76. The van der Waals surface area contributed by atoms with Crippen molar-refractivity contribution in [3.8, 4) is 0 Å². The van der Waals surface area contributed by atoms with Crippen LogP contribution in [0.2, 0.25) is 0 Å². The van der Waals surface area contributed by atoms with E-state index < -0.39 is 0 Å². The number of halogens is 1. The van der Waals surface area contributed by atoms with Crippen molar-refractivity contribution in [3.63, 3.8) is 0 Å². The van der Waals surface area contributed by atoms with Crippen molar-refractivity contribution < 1.29 is 9.21 Å². The third-order valence-corrected chi connectivity index (χ3v) is 2.73. The molecule has 0 aliphatic rings. The minimum Gasteiger partial charge on any atom is -0.444 e. The van der Waals surface area contributed by atoms with Gasteiger partial charge in [-0.2, -0.15) is 0 Å². The summed E-state index contributed by atoms with van der Waals surface area (Å²) in [5.41, 5.74) is 0. The molecule has 4 nitrogen and oxygen atoms in total. The van der Waals surface area contributed by atoms with E-state index >= 15 is 0 Å². The molecule has 0 aromatic carbocycles. The lowest BCUT2D eigenvalue weighted by atomic mass is 10.2. The SMILES string of the molecule is CCc1cnc(CNC(=O)CCCCBr)o1. The van der Waals surface area contributed by atoms with Gasteiger partial charge in [0, 0.05) is 18.2 Å². The van der Waals surface area contributed by atoms with E-state index in [-0.39, 0.29) is 5.91 Å². The minimum absolute atomic E-state index is 0.0530. The molecule has 1 N–H and O–H groups in total. The average Bonchev–Trinajstić information content (AvgIpc) is 2.74. The number of hydrogen-bond donors (Lipinski definition) is 1. The number of oxazole rings is 1. The molecule has 90 valence electrons. The highest BCUT2D eigenvalue weighted by atomic mass is 79.9. The van der Waals surface area contributed by atoms with Crippen LogP contribution in [0.4, 0.5) is 0 Å². The van der Waals surface area contributed by atoms with Crippen LogP contribution in [0.25, 0.3) is 0 Å². The summed E-state index contributed by atoms with van der Waals surface area (Å²) in [6, 6.07) is 0. The largest absolute Gasteiger partial charge is 0.444 e. The molecule has 0 saturated carbocycles. The molecule has 0 saturated heterocycles. The summed E-state index contributed by atoms with van der Waals surface area (Å²) in [6.45, 7) is 2.39. The lowest BCUT2D eigenvalue weighted by Crippen LogP contribution is -2.22. The minimum atomic E-state index is 0.0530. The van der Waals surface area contributed by atoms with Crippen molar-refractivity contribution in [2.24, 2.45) is 0 Å². The second kappa shape index (κ2) is 7.44. The Kier molecular flexibility index (Phi) is 6.15. The summed E-state index contributed by atoms with van der Waals surface area (Å²) in [5.74, 6) is 1.48. The maximum Gasteiger partial charge on any atom is 0.220 e. The molecule has 1 rings (SSSR count).